The Morgan fingerprint density at radius 2 is 1.86 bits per heavy atom. The average Bonchev–Trinajstić information content (AvgIpc) is 2.44. The van der Waals surface area contributed by atoms with Gasteiger partial charge < -0.3 is 10.5 Å². The molecule has 0 saturated heterocycles. The molecule has 0 aliphatic rings. The predicted octanol–water partition coefficient (Wildman–Crippen LogP) is 3.68. The smallest absolute Gasteiger partial charge is 0.161 e. The fraction of sp³-hybridized carbons (Fsp3) is 0.375. The zero-order chi connectivity index (χ0) is 15.4. The SMILES string of the molecule is COCc1ccc(-c2nc(N)c(I)c(CC(C)C)n2)cc1. The number of nitrogens with zero attached hydrogens (tertiary/aromatic N) is 2. The van der Waals surface area contributed by atoms with E-state index in [1.165, 1.54) is 0 Å². The second kappa shape index (κ2) is 7.17. The largest absolute Gasteiger partial charge is 0.383 e. The number of rotatable bonds is 5. The van der Waals surface area contributed by atoms with E-state index in [0.717, 1.165) is 26.8 Å². The van der Waals surface area contributed by atoms with E-state index in [4.69, 9.17) is 10.5 Å². The Kier molecular flexibility index (Phi) is 5.52. The van der Waals surface area contributed by atoms with Gasteiger partial charge >= 0.3 is 0 Å². The minimum atomic E-state index is 0.532. The number of anilines is 1. The molecule has 2 rings (SSSR count). The number of nitrogen functional groups attached to an aromatic ring is 1. The van der Waals surface area contributed by atoms with Crippen molar-refractivity contribution in [2.24, 2.45) is 5.92 Å². The normalized spacial score (nSPS) is 11.1. The molecule has 112 valence electrons. The zero-order valence-corrected chi connectivity index (χ0v) is 14.7. The van der Waals surface area contributed by atoms with Gasteiger partial charge in [-0.25, -0.2) is 9.97 Å². The van der Waals surface area contributed by atoms with Crippen molar-refractivity contribution in [3.63, 3.8) is 0 Å². The highest BCUT2D eigenvalue weighted by Gasteiger charge is 2.12. The number of benzene rings is 1. The first-order valence-corrected chi connectivity index (χ1v) is 7.99. The Bertz CT molecular complexity index is 612. The van der Waals surface area contributed by atoms with Gasteiger partial charge in [-0.15, -0.1) is 0 Å². The maximum absolute atomic E-state index is 6.03. The van der Waals surface area contributed by atoms with E-state index in [2.05, 4.69) is 46.4 Å². The van der Waals surface area contributed by atoms with E-state index in [1.807, 2.05) is 24.3 Å². The highest BCUT2D eigenvalue weighted by Crippen LogP contribution is 2.24. The molecule has 0 amide bonds. The van der Waals surface area contributed by atoms with Gasteiger partial charge in [0.1, 0.15) is 5.82 Å². The molecule has 1 aromatic heterocycles. The molecule has 0 atom stereocenters. The standard InChI is InChI=1S/C16H20IN3O/c1-10(2)8-13-14(17)15(18)20-16(19-13)12-6-4-11(5-7-12)9-21-3/h4-7,10H,8-9H2,1-3H3,(H2,18,19,20). The summed E-state index contributed by atoms with van der Waals surface area (Å²) >= 11 is 2.22. The lowest BCUT2D eigenvalue weighted by Gasteiger charge is -2.11. The van der Waals surface area contributed by atoms with Crippen LogP contribution in [0.25, 0.3) is 11.4 Å². The van der Waals surface area contributed by atoms with Crippen molar-refractivity contribution < 1.29 is 4.74 Å². The molecule has 2 N–H and O–H groups in total. The molecule has 0 spiro atoms. The topological polar surface area (TPSA) is 61.0 Å². The molecule has 21 heavy (non-hydrogen) atoms. The van der Waals surface area contributed by atoms with Gasteiger partial charge in [0.05, 0.1) is 15.9 Å². The molecule has 0 saturated carbocycles. The first kappa shape index (κ1) is 16.2. The van der Waals surface area contributed by atoms with Crippen LogP contribution in [0, 0.1) is 9.49 Å². The van der Waals surface area contributed by atoms with Gasteiger partial charge in [-0.2, -0.15) is 0 Å². The molecule has 0 radical (unpaired) electrons. The van der Waals surface area contributed by atoms with E-state index in [-0.39, 0.29) is 0 Å². The minimum absolute atomic E-state index is 0.532. The summed E-state index contributed by atoms with van der Waals surface area (Å²) in [6.45, 7) is 4.95. The van der Waals surface area contributed by atoms with Crippen LogP contribution in [0.3, 0.4) is 0 Å². The number of halogens is 1. The van der Waals surface area contributed by atoms with Gasteiger partial charge in [-0.1, -0.05) is 38.1 Å². The van der Waals surface area contributed by atoms with Gasteiger partial charge in [0.2, 0.25) is 0 Å². The lowest BCUT2D eigenvalue weighted by Crippen LogP contribution is -2.07. The van der Waals surface area contributed by atoms with E-state index in [0.29, 0.717) is 24.2 Å². The highest BCUT2D eigenvalue weighted by molar-refractivity contribution is 14.1. The molecular formula is C16H20IN3O. The predicted molar refractivity (Wildman–Crippen MR) is 93.9 cm³/mol. The lowest BCUT2D eigenvalue weighted by atomic mass is 10.1. The van der Waals surface area contributed by atoms with Crippen molar-refractivity contribution in [1.82, 2.24) is 9.97 Å². The van der Waals surface area contributed by atoms with Gasteiger partial charge in [0.15, 0.2) is 5.82 Å². The van der Waals surface area contributed by atoms with Crippen molar-refractivity contribution in [1.29, 1.82) is 0 Å². The Morgan fingerprint density at radius 1 is 1.19 bits per heavy atom. The maximum Gasteiger partial charge on any atom is 0.161 e. The van der Waals surface area contributed by atoms with Crippen LogP contribution in [0.2, 0.25) is 0 Å². The van der Waals surface area contributed by atoms with Crippen molar-refractivity contribution in [3.8, 4) is 11.4 Å². The van der Waals surface area contributed by atoms with Crippen LogP contribution in [-0.2, 0) is 17.8 Å². The summed E-state index contributed by atoms with van der Waals surface area (Å²) in [5.74, 6) is 1.77. The fourth-order valence-electron chi connectivity index (χ4n) is 2.08. The molecule has 0 fully saturated rings. The number of aromatic nitrogens is 2. The molecular weight excluding hydrogens is 377 g/mol. The van der Waals surface area contributed by atoms with Crippen molar-refractivity contribution in [2.75, 3.05) is 12.8 Å². The first-order chi connectivity index (χ1) is 10.0. The number of hydrogen-bond acceptors (Lipinski definition) is 4. The van der Waals surface area contributed by atoms with E-state index in [9.17, 15) is 0 Å². The quantitative estimate of drug-likeness (QED) is 0.783. The Hall–Kier alpha value is -1.21. The van der Waals surface area contributed by atoms with Crippen molar-refractivity contribution in [2.45, 2.75) is 26.9 Å². The third-order valence-corrected chi connectivity index (χ3v) is 4.25. The second-order valence-electron chi connectivity index (χ2n) is 5.42. The molecule has 2 aromatic rings. The summed E-state index contributed by atoms with van der Waals surface area (Å²) in [7, 11) is 1.69. The molecule has 4 nitrogen and oxygen atoms in total. The number of nitrogens with two attached hydrogens (primary N) is 1. The first-order valence-electron chi connectivity index (χ1n) is 6.91. The third-order valence-electron chi connectivity index (χ3n) is 3.07. The Morgan fingerprint density at radius 3 is 2.43 bits per heavy atom. The van der Waals surface area contributed by atoms with Gasteiger partial charge in [0, 0.05) is 12.7 Å². The van der Waals surface area contributed by atoms with E-state index >= 15 is 0 Å². The summed E-state index contributed by atoms with van der Waals surface area (Å²) in [4.78, 5) is 9.10. The van der Waals surface area contributed by atoms with Gasteiger partial charge in [0.25, 0.3) is 0 Å². The number of methoxy groups -OCH3 is 1. The summed E-state index contributed by atoms with van der Waals surface area (Å²) in [5.41, 5.74) is 9.16. The van der Waals surface area contributed by atoms with Gasteiger partial charge in [-0.05, 0) is 40.5 Å². The third kappa shape index (κ3) is 4.14. The molecule has 1 aromatic carbocycles. The molecule has 0 aliphatic carbocycles. The summed E-state index contributed by atoms with van der Waals surface area (Å²) in [6.07, 6.45) is 0.903. The van der Waals surface area contributed by atoms with Crippen LogP contribution in [0.5, 0.6) is 0 Å². The summed E-state index contributed by atoms with van der Waals surface area (Å²) in [6, 6.07) is 8.07. The number of hydrogen-bond donors (Lipinski definition) is 1. The molecule has 0 unspecified atom stereocenters. The zero-order valence-electron chi connectivity index (χ0n) is 12.6. The molecule has 0 aliphatic heterocycles. The molecule has 0 bridgehead atoms. The van der Waals surface area contributed by atoms with Crippen LogP contribution in [0.15, 0.2) is 24.3 Å². The van der Waals surface area contributed by atoms with E-state index in [1.54, 1.807) is 7.11 Å². The average molecular weight is 397 g/mol. The summed E-state index contributed by atoms with van der Waals surface area (Å²) in [5, 5.41) is 0. The fourth-order valence-corrected chi connectivity index (χ4v) is 2.54. The summed E-state index contributed by atoms with van der Waals surface area (Å²) < 4.78 is 6.08. The molecule has 5 heteroatoms. The number of ether oxygens (including phenoxy) is 1. The minimum Gasteiger partial charge on any atom is -0.383 e. The monoisotopic (exact) mass is 397 g/mol. The lowest BCUT2D eigenvalue weighted by molar-refractivity contribution is 0.185. The van der Waals surface area contributed by atoms with Crippen LogP contribution in [-0.4, -0.2) is 17.1 Å². The van der Waals surface area contributed by atoms with E-state index < -0.39 is 0 Å². The molecule has 1 heterocycles. The Labute approximate surface area is 139 Å². The van der Waals surface area contributed by atoms with Crippen LogP contribution < -0.4 is 5.73 Å². The van der Waals surface area contributed by atoms with Crippen LogP contribution in [0.1, 0.15) is 25.1 Å². The second-order valence-corrected chi connectivity index (χ2v) is 6.50. The Balaban J connectivity index is 2.36. The van der Waals surface area contributed by atoms with Crippen molar-refractivity contribution >= 4 is 28.4 Å². The van der Waals surface area contributed by atoms with Crippen LogP contribution in [0.4, 0.5) is 5.82 Å². The maximum atomic E-state index is 6.03. The van der Waals surface area contributed by atoms with Crippen molar-refractivity contribution in [3.05, 3.63) is 39.1 Å². The van der Waals surface area contributed by atoms with Crippen LogP contribution >= 0.6 is 22.6 Å². The highest BCUT2D eigenvalue weighted by atomic mass is 127. The van der Waals surface area contributed by atoms with Gasteiger partial charge in [-0.3, -0.25) is 0 Å².